The van der Waals surface area contributed by atoms with Gasteiger partial charge in [0.25, 0.3) is 0 Å². The lowest BCUT2D eigenvalue weighted by Crippen LogP contribution is -2.25. The summed E-state index contributed by atoms with van der Waals surface area (Å²) in [5.74, 6) is -0.920. The average molecular weight is 278 g/mol. The molecular formula is C11H10Cl2FNO2. The zero-order valence-corrected chi connectivity index (χ0v) is 10.3. The number of halogens is 3. The van der Waals surface area contributed by atoms with Crippen LogP contribution >= 0.6 is 23.2 Å². The summed E-state index contributed by atoms with van der Waals surface area (Å²) >= 11 is 11.5. The molecule has 1 heterocycles. The summed E-state index contributed by atoms with van der Waals surface area (Å²) in [6.07, 6.45) is 0.247. The normalized spacial score (nSPS) is 20.1. The molecule has 0 saturated carbocycles. The summed E-state index contributed by atoms with van der Waals surface area (Å²) in [6, 6.07) is 2.41. The number of hydrogen-bond acceptors (Lipinski definition) is 2. The Morgan fingerprint density at radius 1 is 1.41 bits per heavy atom. The number of nitrogens with zero attached hydrogens (tertiary/aromatic N) is 1. The molecule has 1 aliphatic rings. The standard InChI is InChI=1S/C11H10Cl2FNO2/c12-7-2-8(13)10(3-9(7)14)15-4-6(5-16)1-11(15)17/h2-3,6,16H,1,4-5H2. The van der Waals surface area contributed by atoms with Gasteiger partial charge in [0, 0.05) is 31.6 Å². The maximum atomic E-state index is 13.3. The second kappa shape index (κ2) is 4.80. The number of carbonyl (C=O) groups excluding carboxylic acids is 1. The van der Waals surface area contributed by atoms with E-state index in [4.69, 9.17) is 28.3 Å². The van der Waals surface area contributed by atoms with Crippen molar-refractivity contribution in [3.8, 4) is 0 Å². The molecule has 1 amide bonds. The van der Waals surface area contributed by atoms with Crippen LogP contribution in [0.3, 0.4) is 0 Å². The van der Waals surface area contributed by atoms with Crippen molar-refractivity contribution in [3.05, 3.63) is 28.0 Å². The lowest BCUT2D eigenvalue weighted by molar-refractivity contribution is -0.117. The minimum Gasteiger partial charge on any atom is -0.396 e. The van der Waals surface area contributed by atoms with Crippen LogP contribution in [0, 0.1) is 11.7 Å². The van der Waals surface area contributed by atoms with Crippen LogP contribution in [0.25, 0.3) is 0 Å². The third kappa shape index (κ3) is 2.39. The van der Waals surface area contributed by atoms with Gasteiger partial charge in [-0.15, -0.1) is 0 Å². The Morgan fingerprint density at radius 2 is 2.12 bits per heavy atom. The van der Waals surface area contributed by atoms with E-state index in [-0.39, 0.29) is 34.9 Å². The number of benzene rings is 1. The van der Waals surface area contributed by atoms with E-state index in [0.717, 1.165) is 6.07 Å². The Morgan fingerprint density at radius 3 is 2.71 bits per heavy atom. The van der Waals surface area contributed by atoms with Gasteiger partial charge in [-0.2, -0.15) is 0 Å². The number of hydrogen-bond donors (Lipinski definition) is 1. The van der Waals surface area contributed by atoms with E-state index in [9.17, 15) is 9.18 Å². The third-order valence-electron chi connectivity index (χ3n) is 2.74. The zero-order chi connectivity index (χ0) is 12.6. The van der Waals surface area contributed by atoms with E-state index in [2.05, 4.69) is 0 Å². The first-order valence-corrected chi connectivity index (χ1v) is 5.84. The van der Waals surface area contributed by atoms with Crippen LogP contribution < -0.4 is 4.90 Å². The number of rotatable bonds is 2. The molecule has 1 aromatic carbocycles. The highest BCUT2D eigenvalue weighted by Gasteiger charge is 2.31. The Labute approximate surface area is 108 Å². The van der Waals surface area contributed by atoms with Gasteiger partial charge in [0.05, 0.1) is 15.7 Å². The molecule has 1 aliphatic heterocycles. The van der Waals surface area contributed by atoms with Crippen LogP contribution in [-0.4, -0.2) is 24.2 Å². The van der Waals surface area contributed by atoms with Crippen LogP contribution in [0.1, 0.15) is 6.42 Å². The van der Waals surface area contributed by atoms with Gasteiger partial charge >= 0.3 is 0 Å². The van der Waals surface area contributed by atoms with Gasteiger partial charge < -0.3 is 10.0 Å². The van der Waals surface area contributed by atoms with Crippen LogP contribution in [0.5, 0.6) is 0 Å². The molecule has 3 nitrogen and oxygen atoms in total. The van der Waals surface area contributed by atoms with Crippen molar-refractivity contribution in [3.63, 3.8) is 0 Å². The number of amides is 1. The minimum atomic E-state index is -0.619. The summed E-state index contributed by atoms with van der Waals surface area (Å²) < 4.78 is 13.3. The predicted octanol–water partition coefficient (Wildman–Crippen LogP) is 2.48. The van der Waals surface area contributed by atoms with E-state index in [1.54, 1.807) is 0 Å². The first kappa shape index (κ1) is 12.6. The van der Waals surface area contributed by atoms with Gasteiger partial charge in [-0.25, -0.2) is 4.39 Å². The quantitative estimate of drug-likeness (QED) is 0.844. The van der Waals surface area contributed by atoms with E-state index in [0.29, 0.717) is 12.2 Å². The van der Waals surface area contributed by atoms with Gasteiger partial charge in [-0.3, -0.25) is 4.79 Å². The maximum Gasteiger partial charge on any atom is 0.227 e. The van der Waals surface area contributed by atoms with E-state index in [1.807, 2.05) is 0 Å². The second-order valence-electron chi connectivity index (χ2n) is 3.97. The molecule has 2 rings (SSSR count). The molecule has 0 aromatic heterocycles. The van der Waals surface area contributed by atoms with Crippen molar-refractivity contribution < 1.29 is 14.3 Å². The van der Waals surface area contributed by atoms with Gasteiger partial charge in [-0.05, 0) is 6.07 Å². The molecule has 0 bridgehead atoms. The SMILES string of the molecule is O=C1CC(CO)CN1c1cc(F)c(Cl)cc1Cl. The molecular weight excluding hydrogens is 268 g/mol. The highest BCUT2D eigenvalue weighted by molar-refractivity contribution is 6.36. The monoisotopic (exact) mass is 277 g/mol. The summed E-state index contributed by atoms with van der Waals surface area (Å²) in [6.45, 7) is 0.270. The molecule has 1 atom stereocenters. The number of anilines is 1. The van der Waals surface area contributed by atoms with Crippen LogP contribution in [0.15, 0.2) is 12.1 Å². The molecule has 1 aromatic rings. The molecule has 0 aliphatic carbocycles. The first-order chi connectivity index (χ1) is 8.02. The fraction of sp³-hybridized carbons (Fsp3) is 0.364. The second-order valence-corrected chi connectivity index (χ2v) is 4.79. The number of aliphatic hydroxyl groups excluding tert-OH is 1. The molecule has 1 unspecified atom stereocenters. The van der Waals surface area contributed by atoms with E-state index < -0.39 is 5.82 Å². The van der Waals surface area contributed by atoms with Crippen molar-refractivity contribution in [2.24, 2.45) is 5.92 Å². The van der Waals surface area contributed by atoms with E-state index in [1.165, 1.54) is 11.0 Å². The molecule has 17 heavy (non-hydrogen) atoms. The average Bonchev–Trinajstić information content (AvgIpc) is 2.65. The van der Waals surface area contributed by atoms with Gasteiger partial charge in [0.2, 0.25) is 5.91 Å². The molecule has 1 N–H and O–H groups in total. The first-order valence-electron chi connectivity index (χ1n) is 5.08. The molecule has 92 valence electrons. The van der Waals surface area contributed by atoms with Crippen molar-refractivity contribution in [1.29, 1.82) is 0 Å². The number of carbonyl (C=O) groups is 1. The largest absolute Gasteiger partial charge is 0.396 e. The Balaban J connectivity index is 2.35. The highest BCUT2D eigenvalue weighted by Crippen LogP contribution is 2.34. The summed E-state index contributed by atoms with van der Waals surface area (Å²) in [7, 11) is 0. The van der Waals surface area contributed by atoms with Crippen LogP contribution in [0.4, 0.5) is 10.1 Å². The fourth-order valence-electron chi connectivity index (χ4n) is 1.86. The third-order valence-corrected chi connectivity index (χ3v) is 3.34. The Bertz CT molecular complexity index is 467. The topological polar surface area (TPSA) is 40.5 Å². The lowest BCUT2D eigenvalue weighted by atomic mass is 10.1. The Hall–Kier alpha value is -0.840. The van der Waals surface area contributed by atoms with Crippen LogP contribution in [0.2, 0.25) is 10.0 Å². The fourth-order valence-corrected chi connectivity index (χ4v) is 2.34. The Kier molecular flexibility index (Phi) is 3.56. The van der Waals surface area contributed by atoms with Gasteiger partial charge in [-0.1, -0.05) is 23.2 Å². The summed E-state index contributed by atoms with van der Waals surface area (Å²) in [5.41, 5.74) is 0.300. The highest BCUT2D eigenvalue weighted by atomic mass is 35.5. The van der Waals surface area contributed by atoms with Crippen molar-refractivity contribution in [2.75, 3.05) is 18.1 Å². The maximum absolute atomic E-state index is 13.3. The molecule has 1 fully saturated rings. The predicted molar refractivity (Wildman–Crippen MR) is 64.0 cm³/mol. The number of aliphatic hydroxyl groups is 1. The summed E-state index contributed by atoms with van der Waals surface area (Å²) in [4.78, 5) is 13.1. The van der Waals surface area contributed by atoms with Crippen molar-refractivity contribution >= 4 is 34.8 Å². The smallest absolute Gasteiger partial charge is 0.227 e. The zero-order valence-electron chi connectivity index (χ0n) is 8.79. The summed E-state index contributed by atoms with van der Waals surface area (Å²) in [5, 5.41) is 9.16. The van der Waals surface area contributed by atoms with Gasteiger partial charge in [0.1, 0.15) is 5.82 Å². The molecule has 1 saturated heterocycles. The minimum absolute atomic E-state index is 0.0735. The molecule has 6 heteroatoms. The van der Waals surface area contributed by atoms with E-state index >= 15 is 0 Å². The molecule has 0 radical (unpaired) electrons. The van der Waals surface area contributed by atoms with Crippen molar-refractivity contribution in [2.45, 2.75) is 6.42 Å². The van der Waals surface area contributed by atoms with Crippen molar-refractivity contribution in [1.82, 2.24) is 0 Å². The lowest BCUT2D eigenvalue weighted by Gasteiger charge is -2.18. The molecule has 0 spiro atoms. The van der Waals surface area contributed by atoms with Gasteiger partial charge in [0.15, 0.2) is 0 Å². The van der Waals surface area contributed by atoms with Crippen LogP contribution in [-0.2, 0) is 4.79 Å².